The van der Waals surface area contributed by atoms with Gasteiger partial charge in [-0.25, -0.2) is 0 Å². The van der Waals surface area contributed by atoms with E-state index in [1.807, 2.05) is 30.5 Å². The molecule has 1 aromatic heterocycles. The second-order valence-electron chi connectivity index (χ2n) is 5.34. The Morgan fingerprint density at radius 1 is 0.727 bits per heavy atom. The molecule has 0 fully saturated rings. The van der Waals surface area contributed by atoms with Gasteiger partial charge in [-0.15, -0.1) is 0 Å². The van der Waals surface area contributed by atoms with Crippen LogP contribution in [-0.4, -0.2) is 12.1 Å². The molecule has 106 valence electrons. The number of para-hydroxylation sites is 1. The van der Waals surface area contributed by atoms with E-state index in [4.69, 9.17) is 4.74 Å². The van der Waals surface area contributed by atoms with E-state index in [2.05, 4.69) is 47.4 Å². The smallest absolute Gasteiger partial charge is 0.119 e. The number of ether oxygens (including phenoxy) is 1. The zero-order valence-corrected chi connectivity index (χ0v) is 12.3. The Morgan fingerprint density at radius 2 is 1.50 bits per heavy atom. The largest absolute Gasteiger partial charge is 0.497 e. The fourth-order valence-corrected chi connectivity index (χ4v) is 2.76. The molecular weight excluding hydrogens is 270 g/mol. The van der Waals surface area contributed by atoms with Crippen molar-refractivity contribution >= 4 is 21.7 Å². The summed E-state index contributed by atoms with van der Waals surface area (Å²) in [5.41, 5.74) is 3.34. The molecule has 0 amide bonds. The van der Waals surface area contributed by atoms with Crippen LogP contribution in [0.1, 0.15) is 0 Å². The van der Waals surface area contributed by atoms with Gasteiger partial charge in [0.25, 0.3) is 0 Å². The van der Waals surface area contributed by atoms with Crippen molar-refractivity contribution in [3.63, 3.8) is 0 Å². The minimum atomic E-state index is 0.882. The Balaban J connectivity index is 1.84. The third-order valence-electron chi connectivity index (χ3n) is 3.97. The van der Waals surface area contributed by atoms with E-state index in [0.717, 1.165) is 22.2 Å². The standard InChI is InChI=1S/C20H15NO/c1-22-19-9-8-14-10-15(6-7-16(14)12-19)18-11-17-4-2-3-5-20(17)21-13-18/h2-13H,1H3. The van der Waals surface area contributed by atoms with Crippen LogP contribution in [0.4, 0.5) is 0 Å². The third-order valence-corrected chi connectivity index (χ3v) is 3.97. The zero-order valence-electron chi connectivity index (χ0n) is 12.3. The monoisotopic (exact) mass is 285 g/mol. The van der Waals surface area contributed by atoms with Crippen molar-refractivity contribution in [2.24, 2.45) is 0 Å². The highest BCUT2D eigenvalue weighted by molar-refractivity contribution is 5.90. The van der Waals surface area contributed by atoms with Crippen molar-refractivity contribution < 1.29 is 4.74 Å². The molecule has 2 heteroatoms. The number of nitrogens with zero attached hydrogens (tertiary/aromatic N) is 1. The Kier molecular flexibility index (Phi) is 3.01. The number of rotatable bonds is 2. The summed E-state index contributed by atoms with van der Waals surface area (Å²) >= 11 is 0. The first-order chi connectivity index (χ1) is 10.8. The average Bonchev–Trinajstić information content (AvgIpc) is 2.60. The minimum absolute atomic E-state index is 0.882. The van der Waals surface area contributed by atoms with E-state index < -0.39 is 0 Å². The van der Waals surface area contributed by atoms with Crippen molar-refractivity contribution in [2.75, 3.05) is 7.11 Å². The fourth-order valence-electron chi connectivity index (χ4n) is 2.76. The van der Waals surface area contributed by atoms with E-state index in [9.17, 15) is 0 Å². The van der Waals surface area contributed by atoms with E-state index in [0.29, 0.717) is 0 Å². The molecule has 0 saturated carbocycles. The molecule has 0 aliphatic rings. The summed E-state index contributed by atoms with van der Waals surface area (Å²) in [6.45, 7) is 0. The van der Waals surface area contributed by atoms with Crippen LogP contribution >= 0.6 is 0 Å². The summed E-state index contributed by atoms with van der Waals surface area (Å²) in [4.78, 5) is 4.54. The summed E-state index contributed by atoms with van der Waals surface area (Å²) in [6, 6.07) is 23.0. The maximum atomic E-state index is 5.28. The Bertz CT molecular complexity index is 975. The second kappa shape index (κ2) is 5.15. The van der Waals surface area contributed by atoms with Gasteiger partial charge in [0.1, 0.15) is 5.75 Å². The molecule has 0 bridgehead atoms. The molecule has 0 saturated heterocycles. The third kappa shape index (κ3) is 2.19. The number of methoxy groups -OCH3 is 1. The lowest BCUT2D eigenvalue weighted by Gasteiger charge is -2.07. The van der Waals surface area contributed by atoms with Crippen LogP contribution in [0.3, 0.4) is 0 Å². The molecule has 1 heterocycles. The van der Waals surface area contributed by atoms with E-state index in [1.165, 1.54) is 16.3 Å². The van der Waals surface area contributed by atoms with Crippen LogP contribution in [0.25, 0.3) is 32.8 Å². The Hall–Kier alpha value is -2.87. The molecule has 0 N–H and O–H groups in total. The van der Waals surface area contributed by atoms with Gasteiger partial charge in [0.2, 0.25) is 0 Å². The van der Waals surface area contributed by atoms with Crippen molar-refractivity contribution in [1.29, 1.82) is 0 Å². The lowest BCUT2D eigenvalue weighted by atomic mass is 10.0. The second-order valence-corrected chi connectivity index (χ2v) is 5.34. The van der Waals surface area contributed by atoms with E-state index in [1.54, 1.807) is 7.11 Å². The first-order valence-corrected chi connectivity index (χ1v) is 7.26. The van der Waals surface area contributed by atoms with Crippen LogP contribution in [0.15, 0.2) is 72.9 Å². The average molecular weight is 285 g/mol. The molecule has 0 aliphatic carbocycles. The minimum Gasteiger partial charge on any atom is -0.497 e. The summed E-state index contributed by atoms with van der Waals surface area (Å²) < 4.78 is 5.28. The first kappa shape index (κ1) is 12.8. The van der Waals surface area contributed by atoms with Crippen LogP contribution in [-0.2, 0) is 0 Å². The van der Waals surface area contributed by atoms with E-state index in [-0.39, 0.29) is 0 Å². The molecule has 0 unspecified atom stereocenters. The molecule has 0 atom stereocenters. The highest BCUT2D eigenvalue weighted by Gasteiger charge is 2.03. The predicted octanol–water partition coefficient (Wildman–Crippen LogP) is 5.06. The van der Waals surface area contributed by atoms with Crippen molar-refractivity contribution in [3.05, 3.63) is 72.9 Å². The number of hydrogen-bond donors (Lipinski definition) is 0. The summed E-state index contributed by atoms with van der Waals surface area (Å²) in [6.07, 6.45) is 1.94. The van der Waals surface area contributed by atoms with Crippen LogP contribution in [0, 0.1) is 0 Å². The highest BCUT2D eigenvalue weighted by atomic mass is 16.5. The Labute approximate surface area is 129 Å². The van der Waals surface area contributed by atoms with Gasteiger partial charge < -0.3 is 4.74 Å². The lowest BCUT2D eigenvalue weighted by Crippen LogP contribution is -1.85. The molecule has 2 nitrogen and oxygen atoms in total. The predicted molar refractivity (Wildman–Crippen MR) is 91.2 cm³/mol. The normalized spacial score (nSPS) is 11.0. The maximum Gasteiger partial charge on any atom is 0.119 e. The quantitative estimate of drug-likeness (QED) is 0.513. The first-order valence-electron chi connectivity index (χ1n) is 7.26. The zero-order chi connectivity index (χ0) is 14.9. The number of benzene rings is 3. The van der Waals surface area contributed by atoms with Crippen LogP contribution in [0.5, 0.6) is 5.75 Å². The van der Waals surface area contributed by atoms with Gasteiger partial charge in [-0.1, -0.05) is 36.4 Å². The van der Waals surface area contributed by atoms with Gasteiger partial charge in [0.15, 0.2) is 0 Å². The molecule has 4 rings (SSSR count). The molecule has 22 heavy (non-hydrogen) atoms. The summed E-state index contributed by atoms with van der Waals surface area (Å²) in [5, 5.41) is 3.54. The summed E-state index contributed by atoms with van der Waals surface area (Å²) in [7, 11) is 1.69. The van der Waals surface area contributed by atoms with Gasteiger partial charge in [-0.2, -0.15) is 0 Å². The van der Waals surface area contributed by atoms with Gasteiger partial charge in [-0.3, -0.25) is 4.98 Å². The maximum absolute atomic E-state index is 5.28. The van der Waals surface area contributed by atoms with Gasteiger partial charge >= 0.3 is 0 Å². The Morgan fingerprint density at radius 3 is 2.41 bits per heavy atom. The molecular formula is C20H15NO. The SMILES string of the molecule is COc1ccc2cc(-c3cnc4ccccc4c3)ccc2c1. The number of pyridine rings is 1. The topological polar surface area (TPSA) is 22.1 Å². The lowest BCUT2D eigenvalue weighted by molar-refractivity contribution is 0.415. The number of aromatic nitrogens is 1. The molecule has 0 radical (unpaired) electrons. The number of hydrogen-bond acceptors (Lipinski definition) is 2. The highest BCUT2D eigenvalue weighted by Crippen LogP contribution is 2.28. The van der Waals surface area contributed by atoms with Crippen LogP contribution in [0.2, 0.25) is 0 Å². The van der Waals surface area contributed by atoms with Gasteiger partial charge in [0.05, 0.1) is 12.6 Å². The van der Waals surface area contributed by atoms with Crippen molar-refractivity contribution in [2.45, 2.75) is 0 Å². The fraction of sp³-hybridized carbons (Fsp3) is 0.0500. The molecule has 0 spiro atoms. The van der Waals surface area contributed by atoms with Crippen LogP contribution < -0.4 is 4.74 Å². The molecule has 4 aromatic rings. The molecule has 0 aliphatic heterocycles. The summed E-state index contributed by atoms with van der Waals surface area (Å²) in [5.74, 6) is 0.882. The van der Waals surface area contributed by atoms with Gasteiger partial charge in [-0.05, 0) is 46.7 Å². The van der Waals surface area contributed by atoms with E-state index >= 15 is 0 Å². The van der Waals surface area contributed by atoms with Gasteiger partial charge in [0, 0.05) is 17.1 Å². The van der Waals surface area contributed by atoms with Crippen molar-refractivity contribution in [3.8, 4) is 16.9 Å². The number of fused-ring (bicyclic) bond motifs is 2. The van der Waals surface area contributed by atoms with Crippen molar-refractivity contribution in [1.82, 2.24) is 4.98 Å². The molecule has 3 aromatic carbocycles.